The van der Waals surface area contributed by atoms with Crippen LogP contribution in [0.1, 0.15) is 25.8 Å². The number of halogens is 3. The second kappa shape index (κ2) is 6.40. The van der Waals surface area contributed by atoms with E-state index in [4.69, 9.17) is 6.85 Å². The van der Waals surface area contributed by atoms with Gasteiger partial charge in [-0.05, 0) is 25.0 Å². The molecule has 0 radical (unpaired) electrons. The number of rotatable bonds is 3. The first kappa shape index (κ1) is 13.1. The predicted molar refractivity (Wildman–Crippen MR) is 101 cm³/mol. The van der Waals surface area contributed by atoms with Gasteiger partial charge in [0.05, 0.1) is 33.7 Å². The van der Waals surface area contributed by atoms with Gasteiger partial charge in [0, 0.05) is 38.3 Å². The molecule has 4 aromatic rings. The summed E-state index contributed by atoms with van der Waals surface area (Å²) in [6, 6.07) is 2.48. The zero-order chi connectivity index (χ0) is 24.5. The summed E-state index contributed by atoms with van der Waals surface area (Å²) in [6.45, 7) is -7.14. The molecule has 9 heteroatoms. The predicted octanol–water partition coefficient (Wildman–Crippen LogP) is 4.08. The highest BCUT2D eigenvalue weighted by atomic mass is 19.1. The van der Waals surface area contributed by atoms with Gasteiger partial charge in [-0.15, -0.1) is 0 Å². The van der Waals surface area contributed by atoms with Crippen molar-refractivity contribution in [3.05, 3.63) is 48.1 Å². The number of aromatic amines is 1. The van der Waals surface area contributed by atoms with Crippen molar-refractivity contribution >= 4 is 11.0 Å². The Labute approximate surface area is 170 Å². The molecule has 4 aromatic heterocycles. The average molecular weight is 403 g/mol. The summed E-state index contributed by atoms with van der Waals surface area (Å²) in [6.07, 6.45) is 2.86. The lowest BCUT2D eigenvalue weighted by molar-refractivity contribution is 0.155. The quantitative estimate of drug-likeness (QED) is 0.559. The molecule has 5 heterocycles. The Kier molecular flexibility index (Phi) is 2.89. The molecule has 148 valence electrons. The Balaban J connectivity index is 1.80. The molecule has 0 saturated carbocycles. The van der Waals surface area contributed by atoms with E-state index in [1.165, 1.54) is 16.9 Å². The van der Waals surface area contributed by atoms with Gasteiger partial charge >= 0.3 is 0 Å². The van der Waals surface area contributed by atoms with Gasteiger partial charge in [-0.1, -0.05) is 6.85 Å². The maximum absolute atomic E-state index is 15.2. The fraction of sp³-hybridized carbons (Fsp3) is 0.300. The van der Waals surface area contributed by atoms with Crippen molar-refractivity contribution < 1.29 is 20.0 Å². The third-order valence-electron chi connectivity index (χ3n) is 5.10. The maximum atomic E-state index is 15.2. The molecule has 5 rings (SSSR count). The first-order valence-corrected chi connectivity index (χ1v) is 8.81. The molecule has 0 aliphatic carbocycles. The van der Waals surface area contributed by atoms with E-state index in [2.05, 4.69) is 25.3 Å². The van der Waals surface area contributed by atoms with Crippen molar-refractivity contribution in [2.75, 3.05) is 6.63 Å². The number of nitrogens with zero attached hydrogens (tertiary/aromatic N) is 5. The minimum absolute atomic E-state index is 0.0748. The van der Waals surface area contributed by atoms with E-state index in [1.807, 2.05) is 0 Å². The average Bonchev–Trinajstić information content (AvgIpc) is 3.37. The largest absolute Gasteiger partial charge is 0.268 e. The van der Waals surface area contributed by atoms with E-state index >= 15 is 4.39 Å². The Morgan fingerprint density at radius 3 is 2.90 bits per heavy atom. The van der Waals surface area contributed by atoms with E-state index in [9.17, 15) is 8.78 Å². The Bertz CT molecular complexity index is 1380. The highest BCUT2D eigenvalue weighted by molar-refractivity contribution is 5.97. The summed E-state index contributed by atoms with van der Waals surface area (Å²) in [5.41, 5.74) is -1.09. The van der Waals surface area contributed by atoms with Gasteiger partial charge in [0.2, 0.25) is 0 Å². The molecule has 6 nitrogen and oxygen atoms in total. The first-order valence-electron chi connectivity index (χ1n) is 11.3. The topological polar surface area (TPSA) is 72.3 Å². The van der Waals surface area contributed by atoms with Crippen molar-refractivity contribution in [3.8, 4) is 22.5 Å². The minimum atomic E-state index is -3.55. The first-order chi connectivity index (χ1) is 15.9. The number of H-pyrrole nitrogens is 1. The smallest absolute Gasteiger partial charge is 0.155 e. The molecule has 0 fully saturated rings. The lowest BCUT2D eigenvalue weighted by Crippen LogP contribution is -2.32. The zero-order valence-corrected chi connectivity index (χ0v) is 14.9. The second-order valence-corrected chi connectivity index (χ2v) is 6.98. The lowest BCUT2D eigenvalue weighted by Gasteiger charge is -2.31. The van der Waals surface area contributed by atoms with Crippen molar-refractivity contribution in [1.29, 1.82) is 0 Å². The minimum Gasteiger partial charge on any atom is -0.268 e. The summed E-state index contributed by atoms with van der Waals surface area (Å²) in [7, 11) is 0. The third kappa shape index (κ3) is 2.80. The second-order valence-electron chi connectivity index (χ2n) is 6.98. The van der Waals surface area contributed by atoms with Crippen LogP contribution in [0.3, 0.4) is 0 Å². The standard InChI is InChI=1S/C20H17F3N6/c1-20(9-21)5-4-15-17(16-12-7-26-27-19(12)25-8-13(16)23)18(28-29(15)10-20)14-3-2-11(22)6-24-14/h2-3,6-8H,4-5,9-10H2,1H3,(H,25,26,27)/i1D3,9D2. The summed E-state index contributed by atoms with van der Waals surface area (Å²) >= 11 is 0. The van der Waals surface area contributed by atoms with Crippen LogP contribution in [0.2, 0.25) is 0 Å². The van der Waals surface area contributed by atoms with Gasteiger partial charge in [-0.3, -0.25) is 19.2 Å². The monoisotopic (exact) mass is 403 g/mol. The fourth-order valence-corrected chi connectivity index (χ4v) is 3.71. The lowest BCUT2D eigenvalue weighted by atomic mass is 9.82. The Morgan fingerprint density at radius 1 is 1.24 bits per heavy atom. The van der Waals surface area contributed by atoms with E-state index in [0.717, 1.165) is 18.5 Å². The highest BCUT2D eigenvalue weighted by Crippen LogP contribution is 2.43. The van der Waals surface area contributed by atoms with Crippen LogP contribution in [0.4, 0.5) is 13.2 Å². The number of pyridine rings is 2. The van der Waals surface area contributed by atoms with Crippen LogP contribution in [-0.2, 0) is 13.0 Å². The van der Waals surface area contributed by atoms with Gasteiger partial charge in [-0.2, -0.15) is 10.2 Å². The van der Waals surface area contributed by atoms with Crippen LogP contribution in [0.15, 0.2) is 30.7 Å². The maximum Gasteiger partial charge on any atom is 0.155 e. The van der Waals surface area contributed by atoms with Gasteiger partial charge in [0.1, 0.15) is 17.3 Å². The fourth-order valence-electron chi connectivity index (χ4n) is 3.71. The highest BCUT2D eigenvalue weighted by Gasteiger charge is 2.35. The molecule has 1 N–H and O–H groups in total. The van der Waals surface area contributed by atoms with Gasteiger partial charge < -0.3 is 0 Å². The van der Waals surface area contributed by atoms with Crippen molar-refractivity contribution in [1.82, 2.24) is 29.9 Å². The van der Waals surface area contributed by atoms with Crippen LogP contribution in [0.25, 0.3) is 33.5 Å². The van der Waals surface area contributed by atoms with Crippen molar-refractivity contribution in [2.45, 2.75) is 26.2 Å². The molecule has 29 heavy (non-hydrogen) atoms. The SMILES string of the molecule is [2H]C([2H])([2H])C1(C([2H])([2H])F)CCc2c(-c3c(F)cnc4[nH]ncc34)c(-c3ccc(F)cn3)nn2C1. The molecule has 1 unspecified atom stereocenters. The van der Waals surface area contributed by atoms with E-state index < -0.39 is 37.1 Å². The van der Waals surface area contributed by atoms with E-state index in [1.54, 1.807) is 0 Å². The van der Waals surface area contributed by atoms with Crippen LogP contribution < -0.4 is 0 Å². The number of alkyl halides is 1. The van der Waals surface area contributed by atoms with Crippen molar-refractivity contribution in [2.24, 2.45) is 5.41 Å². The Morgan fingerprint density at radius 2 is 2.14 bits per heavy atom. The summed E-state index contributed by atoms with van der Waals surface area (Å²) < 4.78 is 83.6. The molecule has 0 saturated heterocycles. The number of fused-ring (bicyclic) bond motifs is 2. The molecule has 0 spiro atoms. The van der Waals surface area contributed by atoms with Crippen molar-refractivity contribution in [3.63, 3.8) is 0 Å². The van der Waals surface area contributed by atoms with E-state index in [-0.39, 0.29) is 35.4 Å². The number of aromatic nitrogens is 6. The summed E-state index contributed by atoms with van der Waals surface area (Å²) in [5, 5.41) is 11.3. The number of hydrogen-bond acceptors (Lipinski definition) is 4. The summed E-state index contributed by atoms with van der Waals surface area (Å²) in [4.78, 5) is 8.00. The van der Waals surface area contributed by atoms with Gasteiger partial charge in [-0.25, -0.2) is 13.8 Å². The number of hydrogen-bond donors (Lipinski definition) is 1. The molecule has 1 aliphatic rings. The molecule has 1 atom stereocenters. The van der Waals surface area contributed by atoms with Crippen LogP contribution in [-0.4, -0.2) is 36.6 Å². The van der Waals surface area contributed by atoms with Crippen LogP contribution >= 0.6 is 0 Å². The zero-order valence-electron chi connectivity index (χ0n) is 19.9. The molecule has 1 aliphatic heterocycles. The third-order valence-corrected chi connectivity index (χ3v) is 5.10. The molecule has 0 aromatic carbocycles. The van der Waals surface area contributed by atoms with E-state index in [0.29, 0.717) is 16.7 Å². The molecular weight excluding hydrogens is 381 g/mol. The van der Waals surface area contributed by atoms with Crippen LogP contribution in [0, 0.1) is 17.0 Å². The van der Waals surface area contributed by atoms with Gasteiger partial charge in [0.15, 0.2) is 5.65 Å². The molecule has 0 amide bonds. The van der Waals surface area contributed by atoms with Gasteiger partial charge in [0.25, 0.3) is 0 Å². The molecular formula is C20H17F3N6. The summed E-state index contributed by atoms with van der Waals surface area (Å²) in [5.74, 6) is -1.31. The Hall–Kier alpha value is -3.23. The van der Waals surface area contributed by atoms with Crippen LogP contribution in [0.5, 0.6) is 0 Å². The molecule has 0 bridgehead atoms. The normalized spacial score (nSPS) is 22.4. The number of nitrogens with one attached hydrogen (secondary N) is 1.